The Morgan fingerprint density at radius 3 is 2.76 bits per heavy atom. The van der Waals surface area contributed by atoms with E-state index in [0.29, 0.717) is 15.7 Å². The van der Waals surface area contributed by atoms with Crippen LogP contribution in [0.15, 0.2) is 34.8 Å². The lowest BCUT2D eigenvalue weighted by Crippen LogP contribution is -2.19. The van der Waals surface area contributed by atoms with Gasteiger partial charge in [0.2, 0.25) is 11.7 Å². The average molecular weight is 355 g/mol. The van der Waals surface area contributed by atoms with Gasteiger partial charge in [0, 0.05) is 17.3 Å². The molecule has 1 aliphatic heterocycles. The van der Waals surface area contributed by atoms with Crippen LogP contribution in [0, 0.1) is 11.6 Å². The molecule has 0 saturated heterocycles. The highest BCUT2D eigenvalue weighted by Crippen LogP contribution is 2.40. The molecule has 0 spiro atoms. The van der Waals surface area contributed by atoms with Crippen molar-refractivity contribution in [3.8, 4) is 11.5 Å². The number of fused-ring (bicyclic) bond motifs is 1. The summed E-state index contributed by atoms with van der Waals surface area (Å²) in [4.78, 5) is 11.5. The SMILES string of the molecule is NC1C(=O)Nc2cc(Oc3cccc(F)c3F)c(Br)cc21. The second-order valence-corrected chi connectivity index (χ2v) is 5.35. The first-order valence-corrected chi connectivity index (χ1v) is 6.78. The molecule has 0 bridgehead atoms. The minimum atomic E-state index is -1.08. The van der Waals surface area contributed by atoms with E-state index in [2.05, 4.69) is 21.2 Å². The molecule has 0 saturated carbocycles. The molecular weight excluding hydrogens is 346 g/mol. The first-order valence-electron chi connectivity index (χ1n) is 5.99. The van der Waals surface area contributed by atoms with Crippen LogP contribution in [0.1, 0.15) is 11.6 Å². The van der Waals surface area contributed by atoms with Crippen LogP contribution in [0.4, 0.5) is 14.5 Å². The van der Waals surface area contributed by atoms with Gasteiger partial charge in [0.1, 0.15) is 11.8 Å². The van der Waals surface area contributed by atoms with E-state index in [9.17, 15) is 13.6 Å². The van der Waals surface area contributed by atoms with Gasteiger partial charge in [-0.2, -0.15) is 4.39 Å². The van der Waals surface area contributed by atoms with Gasteiger partial charge < -0.3 is 15.8 Å². The number of hydrogen-bond donors (Lipinski definition) is 2. The van der Waals surface area contributed by atoms with Crippen molar-refractivity contribution < 1.29 is 18.3 Å². The van der Waals surface area contributed by atoms with Crippen LogP contribution in [0.3, 0.4) is 0 Å². The van der Waals surface area contributed by atoms with Crippen molar-refractivity contribution in [3.63, 3.8) is 0 Å². The molecule has 3 rings (SSSR count). The van der Waals surface area contributed by atoms with E-state index in [0.717, 1.165) is 6.07 Å². The Bertz CT molecular complexity index is 752. The standard InChI is InChI=1S/C14H9BrF2N2O2/c15-7-4-6-9(19-14(20)13(6)18)5-11(7)21-10-3-1-2-8(16)12(10)17/h1-5,13H,18H2,(H,19,20). The molecule has 2 aromatic carbocycles. The van der Waals surface area contributed by atoms with Gasteiger partial charge in [-0.25, -0.2) is 4.39 Å². The summed E-state index contributed by atoms with van der Waals surface area (Å²) in [5.74, 6) is -2.41. The number of nitrogens with one attached hydrogen (secondary N) is 1. The Hall–Kier alpha value is -1.99. The van der Waals surface area contributed by atoms with Gasteiger partial charge in [-0.3, -0.25) is 4.79 Å². The number of nitrogens with two attached hydrogens (primary N) is 1. The highest BCUT2D eigenvalue weighted by atomic mass is 79.9. The smallest absolute Gasteiger partial charge is 0.245 e. The molecule has 21 heavy (non-hydrogen) atoms. The van der Waals surface area contributed by atoms with Gasteiger partial charge in [-0.15, -0.1) is 0 Å². The molecule has 108 valence electrons. The van der Waals surface area contributed by atoms with E-state index >= 15 is 0 Å². The van der Waals surface area contributed by atoms with Gasteiger partial charge in [-0.1, -0.05) is 6.07 Å². The number of carbonyl (C=O) groups excluding carboxylic acids is 1. The van der Waals surface area contributed by atoms with Crippen LogP contribution < -0.4 is 15.8 Å². The van der Waals surface area contributed by atoms with Gasteiger partial charge in [0.25, 0.3) is 0 Å². The van der Waals surface area contributed by atoms with Gasteiger partial charge >= 0.3 is 0 Å². The van der Waals surface area contributed by atoms with Crippen LogP contribution in [0.5, 0.6) is 11.5 Å². The molecule has 4 nitrogen and oxygen atoms in total. The van der Waals surface area contributed by atoms with Gasteiger partial charge in [-0.05, 0) is 34.1 Å². The zero-order chi connectivity index (χ0) is 15.1. The number of rotatable bonds is 2. The predicted octanol–water partition coefficient (Wildman–Crippen LogP) is 3.47. The molecule has 7 heteroatoms. The minimum Gasteiger partial charge on any atom is -0.453 e. The molecule has 3 N–H and O–H groups in total. The lowest BCUT2D eigenvalue weighted by atomic mass is 10.1. The lowest BCUT2D eigenvalue weighted by Gasteiger charge is -2.11. The van der Waals surface area contributed by atoms with Crippen molar-refractivity contribution in [3.05, 3.63) is 52.0 Å². The molecule has 1 unspecified atom stereocenters. The van der Waals surface area contributed by atoms with E-state index in [1.807, 2.05) is 0 Å². The zero-order valence-corrected chi connectivity index (χ0v) is 12.1. The quantitative estimate of drug-likeness (QED) is 0.867. The monoisotopic (exact) mass is 354 g/mol. The summed E-state index contributed by atoms with van der Waals surface area (Å²) in [6.07, 6.45) is 0. The number of benzene rings is 2. The Morgan fingerprint density at radius 1 is 1.24 bits per heavy atom. The summed E-state index contributed by atoms with van der Waals surface area (Å²) >= 11 is 3.26. The van der Waals surface area contributed by atoms with Crippen molar-refractivity contribution >= 4 is 27.5 Å². The highest BCUT2D eigenvalue weighted by molar-refractivity contribution is 9.10. The zero-order valence-electron chi connectivity index (χ0n) is 10.5. The summed E-state index contributed by atoms with van der Waals surface area (Å²) in [6, 6.07) is 6.02. The van der Waals surface area contributed by atoms with Crippen LogP contribution in [0.2, 0.25) is 0 Å². The van der Waals surface area contributed by atoms with Crippen molar-refractivity contribution in [1.82, 2.24) is 0 Å². The summed E-state index contributed by atoms with van der Waals surface area (Å²) in [6.45, 7) is 0. The minimum absolute atomic E-state index is 0.243. The number of carbonyl (C=O) groups is 1. The number of hydrogen-bond acceptors (Lipinski definition) is 3. The van der Waals surface area contributed by atoms with E-state index in [1.165, 1.54) is 18.2 Å². The molecule has 0 radical (unpaired) electrons. The molecule has 1 heterocycles. The predicted molar refractivity (Wildman–Crippen MR) is 76.1 cm³/mol. The van der Waals surface area contributed by atoms with Gasteiger partial charge in [0.05, 0.1) is 4.47 Å². The number of halogens is 3. The Morgan fingerprint density at radius 2 is 2.00 bits per heavy atom. The Kier molecular flexibility index (Phi) is 3.38. The third-order valence-corrected chi connectivity index (χ3v) is 3.74. The lowest BCUT2D eigenvalue weighted by molar-refractivity contribution is -0.116. The summed E-state index contributed by atoms with van der Waals surface area (Å²) < 4.78 is 32.6. The van der Waals surface area contributed by atoms with Crippen LogP contribution in [0.25, 0.3) is 0 Å². The van der Waals surface area contributed by atoms with Crippen molar-refractivity contribution in [2.45, 2.75) is 6.04 Å². The van der Waals surface area contributed by atoms with E-state index in [4.69, 9.17) is 10.5 Å². The third-order valence-electron chi connectivity index (χ3n) is 3.12. The third kappa shape index (κ3) is 2.38. The molecule has 2 aromatic rings. The number of ether oxygens (including phenoxy) is 1. The molecular formula is C14H9BrF2N2O2. The van der Waals surface area contributed by atoms with E-state index in [-0.39, 0.29) is 17.4 Å². The maximum atomic E-state index is 13.6. The fraction of sp³-hybridized carbons (Fsp3) is 0.0714. The highest BCUT2D eigenvalue weighted by Gasteiger charge is 2.28. The fourth-order valence-corrected chi connectivity index (χ4v) is 2.49. The second-order valence-electron chi connectivity index (χ2n) is 4.49. The molecule has 1 amide bonds. The summed E-state index contributed by atoms with van der Waals surface area (Å²) in [5, 5.41) is 2.59. The van der Waals surface area contributed by atoms with Crippen molar-refractivity contribution in [1.29, 1.82) is 0 Å². The Balaban J connectivity index is 1.99. The summed E-state index contributed by atoms with van der Waals surface area (Å²) in [7, 11) is 0. The normalized spacial score (nSPS) is 16.6. The van der Waals surface area contributed by atoms with E-state index in [1.54, 1.807) is 6.07 Å². The first-order chi connectivity index (χ1) is 9.97. The largest absolute Gasteiger partial charge is 0.453 e. The Labute approximate surface area is 127 Å². The number of anilines is 1. The van der Waals surface area contributed by atoms with Crippen LogP contribution >= 0.6 is 15.9 Å². The molecule has 0 aromatic heterocycles. The van der Waals surface area contributed by atoms with E-state index < -0.39 is 17.7 Å². The van der Waals surface area contributed by atoms with Gasteiger partial charge in [0.15, 0.2) is 11.6 Å². The second kappa shape index (κ2) is 5.09. The maximum Gasteiger partial charge on any atom is 0.245 e. The molecule has 1 atom stereocenters. The summed E-state index contributed by atoms with van der Waals surface area (Å²) in [5.41, 5.74) is 6.82. The molecule has 0 aliphatic carbocycles. The molecule has 0 fully saturated rings. The van der Waals surface area contributed by atoms with Crippen LogP contribution in [-0.2, 0) is 4.79 Å². The number of amides is 1. The molecule has 1 aliphatic rings. The first kappa shape index (κ1) is 14.0. The topological polar surface area (TPSA) is 64.4 Å². The maximum absolute atomic E-state index is 13.6. The average Bonchev–Trinajstić information content (AvgIpc) is 2.71. The van der Waals surface area contributed by atoms with Crippen molar-refractivity contribution in [2.75, 3.05) is 5.32 Å². The van der Waals surface area contributed by atoms with Crippen molar-refractivity contribution in [2.24, 2.45) is 5.73 Å². The van der Waals surface area contributed by atoms with Crippen LogP contribution in [-0.4, -0.2) is 5.91 Å². The fourth-order valence-electron chi connectivity index (χ4n) is 2.05.